The van der Waals surface area contributed by atoms with E-state index >= 15 is 0 Å². The third kappa shape index (κ3) is 5.24. The number of rotatable bonds is 9. The summed E-state index contributed by atoms with van der Waals surface area (Å²) in [6, 6.07) is 0.127. The summed E-state index contributed by atoms with van der Waals surface area (Å²) in [7, 11) is -3.02. The second kappa shape index (κ2) is 9.14. The van der Waals surface area contributed by atoms with Crippen LogP contribution < -0.4 is 5.32 Å². The molecule has 0 spiro atoms. The Kier molecular flexibility index (Phi) is 8.25. The van der Waals surface area contributed by atoms with Crippen molar-refractivity contribution >= 4 is 9.84 Å². The first kappa shape index (κ1) is 19.0. The molecule has 1 aliphatic carbocycles. The van der Waals surface area contributed by atoms with Gasteiger partial charge in [-0.15, -0.1) is 0 Å². The van der Waals surface area contributed by atoms with Gasteiger partial charge >= 0.3 is 0 Å². The van der Waals surface area contributed by atoms with Gasteiger partial charge in [0.2, 0.25) is 0 Å². The Morgan fingerprint density at radius 3 is 2.38 bits per heavy atom. The maximum atomic E-state index is 13.1. The molecule has 0 bridgehead atoms. The van der Waals surface area contributed by atoms with Crippen molar-refractivity contribution in [2.75, 3.05) is 6.54 Å². The Hall–Kier alpha value is -0.0900. The molecule has 1 saturated carbocycles. The monoisotopic (exact) mass is 317 g/mol. The SMILES string of the molecule is CCCNC(CCC)C(CC)S(=O)(=O)C1CCCC(C)C1. The Labute approximate surface area is 132 Å². The normalized spacial score (nSPS) is 26.5. The fraction of sp³-hybridized carbons (Fsp3) is 1.00. The number of hydrogen-bond donors (Lipinski definition) is 1. The lowest BCUT2D eigenvalue weighted by Crippen LogP contribution is -2.48. The molecule has 4 heteroatoms. The van der Waals surface area contributed by atoms with Gasteiger partial charge in [0, 0.05) is 6.04 Å². The van der Waals surface area contributed by atoms with Crippen LogP contribution in [0.15, 0.2) is 0 Å². The predicted molar refractivity (Wildman–Crippen MR) is 91.4 cm³/mol. The highest BCUT2D eigenvalue weighted by atomic mass is 32.2. The van der Waals surface area contributed by atoms with Crippen LogP contribution in [0.2, 0.25) is 0 Å². The average Bonchev–Trinajstić information content (AvgIpc) is 2.45. The predicted octanol–water partition coefficient (Wildman–Crippen LogP) is 3.93. The maximum absolute atomic E-state index is 13.1. The average molecular weight is 318 g/mol. The van der Waals surface area contributed by atoms with Gasteiger partial charge in [0.1, 0.15) is 0 Å². The van der Waals surface area contributed by atoms with Crippen molar-refractivity contribution in [1.82, 2.24) is 5.32 Å². The summed E-state index contributed by atoms with van der Waals surface area (Å²) in [5.41, 5.74) is 0. The smallest absolute Gasteiger partial charge is 0.157 e. The van der Waals surface area contributed by atoms with Gasteiger partial charge in [-0.3, -0.25) is 0 Å². The van der Waals surface area contributed by atoms with Gasteiger partial charge in [0.05, 0.1) is 10.5 Å². The quantitative estimate of drug-likeness (QED) is 0.701. The molecule has 0 heterocycles. The molecule has 1 N–H and O–H groups in total. The van der Waals surface area contributed by atoms with Gasteiger partial charge < -0.3 is 5.32 Å². The lowest BCUT2D eigenvalue weighted by Gasteiger charge is -2.33. The molecule has 0 aromatic heterocycles. The van der Waals surface area contributed by atoms with Crippen LogP contribution in [0.25, 0.3) is 0 Å². The zero-order chi connectivity index (χ0) is 15.9. The Bertz CT molecular complexity index is 380. The molecule has 0 aliphatic heterocycles. The summed E-state index contributed by atoms with van der Waals surface area (Å²) in [5.74, 6) is 0.559. The molecule has 0 saturated heterocycles. The third-order valence-electron chi connectivity index (χ3n) is 4.88. The van der Waals surface area contributed by atoms with E-state index < -0.39 is 9.84 Å². The first-order valence-electron chi connectivity index (χ1n) is 8.93. The number of hydrogen-bond acceptors (Lipinski definition) is 3. The Balaban J connectivity index is 2.87. The van der Waals surface area contributed by atoms with E-state index in [1.165, 1.54) is 6.42 Å². The molecular formula is C17H35NO2S. The van der Waals surface area contributed by atoms with Gasteiger partial charge in [-0.05, 0) is 44.6 Å². The summed E-state index contributed by atoms with van der Waals surface area (Å²) >= 11 is 0. The van der Waals surface area contributed by atoms with Crippen LogP contribution >= 0.6 is 0 Å². The topological polar surface area (TPSA) is 46.2 Å². The van der Waals surface area contributed by atoms with E-state index in [0.717, 1.165) is 51.5 Å². The summed E-state index contributed by atoms with van der Waals surface area (Å²) in [5, 5.41) is 3.19. The lowest BCUT2D eigenvalue weighted by atomic mass is 9.90. The van der Waals surface area contributed by atoms with Crippen LogP contribution in [0, 0.1) is 5.92 Å². The number of sulfone groups is 1. The van der Waals surface area contributed by atoms with E-state index in [0.29, 0.717) is 5.92 Å². The van der Waals surface area contributed by atoms with Crippen molar-refractivity contribution in [2.24, 2.45) is 5.92 Å². The maximum Gasteiger partial charge on any atom is 0.157 e. The van der Waals surface area contributed by atoms with Crippen LogP contribution in [-0.2, 0) is 9.84 Å². The van der Waals surface area contributed by atoms with Crippen molar-refractivity contribution in [2.45, 2.75) is 95.6 Å². The first-order chi connectivity index (χ1) is 9.97. The molecule has 0 amide bonds. The standard InChI is InChI=1S/C17H35NO2S/c1-5-9-16(18-12-6-2)17(7-3)21(19,20)15-11-8-10-14(4)13-15/h14-18H,5-13H2,1-4H3. The van der Waals surface area contributed by atoms with Gasteiger partial charge in [-0.1, -0.05) is 47.0 Å². The Morgan fingerprint density at radius 2 is 1.86 bits per heavy atom. The fourth-order valence-electron chi connectivity index (χ4n) is 3.73. The highest BCUT2D eigenvalue weighted by Crippen LogP contribution is 2.32. The summed E-state index contributed by atoms with van der Waals surface area (Å²) < 4.78 is 26.2. The second-order valence-corrected chi connectivity index (χ2v) is 9.23. The van der Waals surface area contributed by atoms with Crippen molar-refractivity contribution in [3.8, 4) is 0 Å². The molecular weight excluding hydrogens is 282 g/mol. The highest BCUT2D eigenvalue weighted by molar-refractivity contribution is 7.92. The minimum Gasteiger partial charge on any atom is -0.313 e. The lowest BCUT2D eigenvalue weighted by molar-refractivity contribution is 0.372. The zero-order valence-corrected chi connectivity index (χ0v) is 15.2. The molecule has 21 heavy (non-hydrogen) atoms. The molecule has 1 fully saturated rings. The van der Waals surface area contributed by atoms with Crippen LogP contribution in [-0.4, -0.2) is 31.5 Å². The molecule has 0 aromatic rings. The van der Waals surface area contributed by atoms with Crippen molar-refractivity contribution in [3.63, 3.8) is 0 Å². The van der Waals surface area contributed by atoms with Gasteiger partial charge in [0.15, 0.2) is 9.84 Å². The van der Waals surface area contributed by atoms with Crippen molar-refractivity contribution in [3.05, 3.63) is 0 Å². The zero-order valence-electron chi connectivity index (χ0n) is 14.4. The van der Waals surface area contributed by atoms with E-state index in [-0.39, 0.29) is 16.5 Å². The molecule has 4 unspecified atom stereocenters. The van der Waals surface area contributed by atoms with Crippen LogP contribution in [0.5, 0.6) is 0 Å². The number of nitrogens with one attached hydrogen (secondary N) is 1. The summed E-state index contributed by atoms with van der Waals surface area (Å²) in [6.07, 6.45) is 7.78. The van der Waals surface area contributed by atoms with E-state index in [1.54, 1.807) is 0 Å². The van der Waals surface area contributed by atoms with Crippen LogP contribution in [0.3, 0.4) is 0 Å². The van der Waals surface area contributed by atoms with E-state index in [2.05, 4.69) is 26.1 Å². The van der Waals surface area contributed by atoms with E-state index in [1.807, 2.05) is 6.92 Å². The van der Waals surface area contributed by atoms with Crippen LogP contribution in [0.1, 0.15) is 79.1 Å². The van der Waals surface area contributed by atoms with Crippen LogP contribution in [0.4, 0.5) is 0 Å². The van der Waals surface area contributed by atoms with E-state index in [9.17, 15) is 8.42 Å². The van der Waals surface area contributed by atoms with Gasteiger partial charge in [-0.25, -0.2) is 8.42 Å². The van der Waals surface area contributed by atoms with Gasteiger partial charge in [0.25, 0.3) is 0 Å². The highest BCUT2D eigenvalue weighted by Gasteiger charge is 2.38. The minimum absolute atomic E-state index is 0.103. The molecule has 0 radical (unpaired) electrons. The van der Waals surface area contributed by atoms with Crippen molar-refractivity contribution < 1.29 is 8.42 Å². The molecule has 126 valence electrons. The molecule has 1 rings (SSSR count). The molecule has 0 aromatic carbocycles. The summed E-state index contributed by atoms with van der Waals surface area (Å²) in [4.78, 5) is 0. The minimum atomic E-state index is -3.02. The van der Waals surface area contributed by atoms with Gasteiger partial charge in [-0.2, -0.15) is 0 Å². The third-order valence-corrected chi connectivity index (χ3v) is 7.75. The van der Waals surface area contributed by atoms with E-state index in [4.69, 9.17) is 0 Å². The first-order valence-corrected chi connectivity index (χ1v) is 10.5. The fourth-order valence-corrected chi connectivity index (χ4v) is 6.47. The molecule has 3 nitrogen and oxygen atoms in total. The molecule has 1 aliphatic rings. The second-order valence-electron chi connectivity index (χ2n) is 6.78. The molecule has 4 atom stereocenters. The summed E-state index contributed by atoms with van der Waals surface area (Å²) in [6.45, 7) is 9.42. The Morgan fingerprint density at radius 1 is 1.14 bits per heavy atom. The van der Waals surface area contributed by atoms with Crippen molar-refractivity contribution in [1.29, 1.82) is 0 Å². The largest absolute Gasteiger partial charge is 0.313 e.